The molecule has 1 saturated carbocycles. The molecule has 0 amide bonds. The predicted octanol–water partition coefficient (Wildman–Crippen LogP) is 7.90. The Morgan fingerprint density at radius 3 is 2.10 bits per heavy atom. The summed E-state index contributed by atoms with van der Waals surface area (Å²) in [4.78, 5) is 0. The van der Waals surface area contributed by atoms with E-state index in [1.54, 1.807) is 0 Å². The van der Waals surface area contributed by atoms with E-state index in [2.05, 4.69) is 62.4 Å². The van der Waals surface area contributed by atoms with Crippen LogP contribution in [0.15, 0.2) is 36.4 Å². The summed E-state index contributed by atoms with van der Waals surface area (Å²) in [6, 6.07) is 17.5. The molecular weight excluding hydrogens is 364 g/mol. The van der Waals surface area contributed by atoms with E-state index in [1.165, 1.54) is 50.5 Å². The summed E-state index contributed by atoms with van der Waals surface area (Å²) in [5.41, 5.74) is 5.49. The van der Waals surface area contributed by atoms with Crippen molar-refractivity contribution < 1.29 is 0 Å². The maximum atomic E-state index is 9.93. The van der Waals surface area contributed by atoms with E-state index in [0.29, 0.717) is 17.0 Å². The lowest BCUT2D eigenvalue weighted by Gasteiger charge is -2.29. The average Bonchev–Trinajstić information content (AvgIpc) is 2.79. The van der Waals surface area contributed by atoms with Gasteiger partial charge in [-0.3, -0.25) is 0 Å². The smallest absolute Gasteiger partial charge is 0.101 e. The van der Waals surface area contributed by atoms with Gasteiger partial charge in [0.25, 0.3) is 0 Å². The van der Waals surface area contributed by atoms with Crippen molar-refractivity contribution in [3.05, 3.63) is 58.7 Å². The first-order chi connectivity index (χ1) is 14.7. The van der Waals surface area contributed by atoms with Gasteiger partial charge in [-0.15, -0.1) is 0 Å². The maximum absolute atomic E-state index is 9.93. The average molecular weight is 399 g/mol. The lowest BCUT2D eigenvalue weighted by Crippen LogP contribution is -2.14. The van der Waals surface area contributed by atoms with E-state index in [0.717, 1.165) is 41.9 Å². The largest absolute Gasteiger partial charge is 0.192 e. The molecule has 0 aliphatic heterocycles. The van der Waals surface area contributed by atoms with Crippen molar-refractivity contribution in [1.29, 1.82) is 10.5 Å². The van der Waals surface area contributed by atoms with Crippen LogP contribution < -0.4 is 0 Å². The minimum absolute atomic E-state index is 0.412. The van der Waals surface area contributed by atoms with Crippen LogP contribution in [0.2, 0.25) is 0 Å². The molecule has 0 atom stereocenters. The molecule has 156 valence electrons. The first kappa shape index (κ1) is 22.1. The second kappa shape index (κ2) is 11.0. The van der Waals surface area contributed by atoms with Crippen LogP contribution in [0.3, 0.4) is 0 Å². The van der Waals surface area contributed by atoms with Crippen LogP contribution in [-0.4, -0.2) is 0 Å². The lowest BCUT2D eigenvalue weighted by atomic mass is 9.75. The molecule has 0 saturated heterocycles. The van der Waals surface area contributed by atoms with E-state index in [4.69, 9.17) is 0 Å². The number of benzene rings is 2. The Morgan fingerprint density at radius 1 is 0.800 bits per heavy atom. The molecular formula is C28H34N2. The Hall–Kier alpha value is -2.58. The summed E-state index contributed by atoms with van der Waals surface area (Å²) in [6.45, 7) is 4.48. The molecule has 0 radical (unpaired) electrons. The summed E-state index contributed by atoms with van der Waals surface area (Å²) < 4.78 is 0. The van der Waals surface area contributed by atoms with E-state index in [1.807, 2.05) is 0 Å². The van der Waals surface area contributed by atoms with Crippen LogP contribution in [0.1, 0.15) is 99.8 Å². The quantitative estimate of drug-likeness (QED) is 0.424. The molecule has 30 heavy (non-hydrogen) atoms. The first-order valence-electron chi connectivity index (χ1n) is 11.8. The van der Waals surface area contributed by atoms with Crippen molar-refractivity contribution in [2.75, 3.05) is 0 Å². The summed E-state index contributed by atoms with van der Waals surface area (Å²) in [5.74, 6) is 1.25. The molecule has 2 heteroatoms. The Morgan fingerprint density at radius 2 is 1.50 bits per heavy atom. The van der Waals surface area contributed by atoms with Gasteiger partial charge in [0, 0.05) is 5.56 Å². The van der Waals surface area contributed by atoms with Gasteiger partial charge >= 0.3 is 0 Å². The molecule has 2 nitrogen and oxygen atoms in total. The van der Waals surface area contributed by atoms with Crippen LogP contribution in [0.4, 0.5) is 0 Å². The Balaban J connectivity index is 1.84. The van der Waals surface area contributed by atoms with Crippen LogP contribution in [-0.2, 0) is 6.42 Å². The number of hydrogen-bond acceptors (Lipinski definition) is 2. The van der Waals surface area contributed by atoms with Gasteiger partial charge in [-0.05, 0) is 67.1 Å². The highest BCUT2D eigenvalue weighted by Crippen LogP contribution is 2.40. The Bertz CT molecular complexity index is 903. The second-order valence-electron chi connectivity index (χ2n) is 8.84. The first-order valence-corrected chi connectivity index (χ1v) is 11.8. The highest BCUT2D eigenvalue weighted by molar-refractivity contribution is 5.75. The topological polar surface area (TPSA) is 47.6 Å². The molecule has 0 spiro atoms. The summed E-state index contributed by atoms with van der Waals surface area (Å²) in [6.07, 6.45) is 12.1. The molecule has 0 N–H and O–H groups in total. The minimum Gasteiger partial charge on any atom is -0.192 e. The third-order valence-electron chi connectivity index (χ3n) is 6.78. The standard InChI is InChI=1S/C28H34N2/c1-3-5-6-8-22-11-15-24(16-12-22)26-18-17-25(27(19-29)28(26)20-30)23-13-9-21(7-4-2)10-14-23/h11-12,15-18,21,23H,3-10,13-14H2,1-2H3/t21-,23-. The molecule has 0 heterocycles. The highest BCUT2D eigenvalue weighted by atomic mass is 14.3. The van der Waals surface area contributed by atoms with Crippen molar-refractivity contribution in [3.63, 3.8) is 0 Å². The van der Waals surface area contributed by atoms with Gasteiger partial charge in [0.15, 0.2) is 0 Å². The SMILES string of the molecule is CCCCCc1ccc(-c2ccc([C@H]3CC[C@H](CCC)CC3)c(C#N)c2C#N)cc1. The molecule has 2 aromatic rings. The van der Waals surface area contributed by atoms with E-state index in [-0.39, 0.29) is 0 Å². The number of rotatable bonds is 8. The minimum atomic E-state index is 0.412. The summed E-state index contributed by atoms with van der Waals surface area (Å²) in [7, 11) is 0. The van der Waals surface area contributed by atoms with Crippen molar-refractivity contribution in [2.24, 2.45) is 5.92 Å². The zero-order chi connectivity index (χ0) is 21.3. The van der Waals surface area contributed by atoms with Gasteiger partial charge in [0.05, 0.1) is 11.1 Å². The number of aryl methyl sites for hydroxylation is 1. The van der Waals surface area contributed by atoms with Gasteiger partial charge < -0.3 is 0 Å². The molecule has 1 aliphatic carbocycles. The monoisotopic (exact) mass is 398 g/mol. The zero-order valence-corrected chi connectivity index (χ0v) is 18.6. The fourth-order valence-corrected chi connectivity index (χ4v) is 5.04. The van der Waals surface area contributed by atoms with E-state index in [9.17, 15) is 10.5 Å². The third kappa shape index (κ3) is 5.12. The van der Waals surface area contributed by atoms with Gasteiger partial charge in [0.1, 0.15) is 12.1 Å². The molecule has 3 rings (SSSR count). The molecule has 0 aromatic heterocycles. The molecule has 2 aromatic carbocycles. The highest BCUT2D eigenvalue weighted by Gasteiger charge is 2.25. The predicted molar refractivity (Wildman–Crippen MR) is 124 cm³/mol. The van der Waals surface area contributed by atoms with E-state index >= 15 is 0 Å². The van der Waals surface area contributed by atoms with Crippen LogP contribution in [0.5, 0.6) is 0 Å². The third-order valence-corrected chi connectivity index (χ3v) is 6.78. The van der Waals surface area contributed by atoms with Crippen molar-refractivity contribution in [2.45, 2.75) is 84.0 Å². The molecule has 1 fully saturated rings. The van der Waals surface area contributed by atoms with Crippen LogP contribution >= 0.6 is 0 Å². The van der Waals surface area contributed by atoms with Gasteiger partial charge in [-0.1, -0.05) is 75.9 Å². The summed E-state index contributed by atoms with van der Waals surface area (Å²) in [5, 5.41) is 19.9. The number of hydrogen-bond donors (Lipinski definition) is 0. The Labute approximate surface area is 182 Å². The normalized spacial score (nSPS) is 18.5. The zero-order valence-electron chi connectivity index (χ0n) is 18.6. The van der Waals surface area contributed by atoms with Crippen molar-refractivity contribution >= 4 is 0 Å². The van der Waals surface area contributed by atoms with Gasteiger partial charge in [0.2, 0.25) is 0 Å². The molecule has 1 aliphatic rings. The Kier molecular flexibility index (Phi) is 8.10. The fraction of sp³-hybridized carbons (Fsp3) is 0.500. The summed E-state index contributed by atoms with van der Waals surface area (Å²) >= 11 is 0. The second-order valence-corrected chi connectivity index (χ2v) is 8.84. The lowest BCUT2D eigenvalue weighted by molar-refractivity contribution is 0.308. The van der Waals surface area contributed by atoms with Crippen molar-refractivity contribution in [3.8, 4) is 23.3 Å². The number of nitriles is 2. The molecule has 0 bridgehead atoms. The van der Waals surface area contributed by atoms with Gasteiger partial charge in [-0.2, -0.15) is 10.5 Å². The van der Waals surface area contributed by atoms with Gasteiger partial charge in [-0.25, -0.2) is 0 Å². The van der Waals surface area contributed by atoms with Crippen LogP contribution in [0.25, 0.3) is 11.1 Å². The van der Waals surface area contributed by atoms with Crippen LogP contribution in [0, 0.1) is 28.6 Å². The van der Waals surface area contributed by atoms with Crippen molar-refractivity contribution in [1.82, 2.24) is 0 Å². The maximum Gasteiger partial charge on any atom is 0.101 e. The number of unbranched alkanes of at least 4 members (excludes halogenated alkanes) is 2. The number of nitrogens with zero attached hydrogens (tertiary/aromatic N) is 2. The van der Waals surface area contributed by atoms with E-state index < -0.39 is 0 Å². The molecule has 0 unspecified atom stereocenters. The fourth-order valence-electron chi connectivity index (χ4n) is 5.04.